The van der Waals surface area contributed by atoms with Gasteiger partial charge in [0.25, 0.3) is 0 Å². The van der Waals surface area contributed by atoms with Crippen molar-refractivity contribution in [2.75, 3.05) is 6.54 Å². The summed E-state index contributed by atoms with van der Waals surface area (Å²) in [6, 6.07) is 6.39. The Hall–Kier alpha value is -1.88. The Labute approximate surface area is 105 Å². The highest BCUT2D eigenvalue weighted by Crippen LogP contribution is 2.19. The number of nitrogens with zero attached hydrogens (tertiary/aromatic N) is 3. The molecule has 0 saturated heterocycles. The first kappa shape index (κ1) is 14.2. The number of rotatable bonds is 6. The summed E-state index contributed by atoms with van der Waals surface area (Å²) in [4.78, 5) is 13.6. The molecule has 0 spiro atoms. The molecule has 1 aromatic carbocycles. The van der Waals surface area contributed by atoms with Crippen LogP contribution in [0, 0.1) is 0 Å². The second-order valence-electron chi connectivity index (χ2n) is 3.93. The van der Waals surface area contributed by atoms with Gasteiger partial charge in [-0.05, 0) is 24.4 Å². The lowest BCUT2D eigenvalue weighted by Gasteiger charge is -2.17. The molecule has 1 aromatic rings. The first-order chi connectivity index (χ1) is 8.56. The van der Waals surface area contributed by atoms with Crippen molar-refractivity contribution in [2.45, 2.75) is 25.6 Å². The first-order valence-electron chi connectivity index (χ1n) is 5.54. The van der Waals surface area contributed by atoms with E-state index < -0.39 is 12.2 Å². The van der Waals surface area contributed by atoms with E-state index >= 15 is 0 Å². The maximum atomic E-state index is 11.1. The van der Waals surface area contributed by atoms with E-state index in [1.54, 1.807) is 24.3 Å². The molecule has 0 saturated carbocycles. The summed E-state index contributed by atoms with van der Waals surface area (Å²) >= 11 is 0. The predicted molar refractivity (Wildman–Crippen MR) is 66.0 cm³/mol. The van der Waals surface area contributed by atoms with Gasteiger partial charge >= 0.3 is 0 Å². The first-order valence-corrected chi connectivity index (χ1v) is 5.54. The third-order valence-electron chi connectivity index (χ3n) is 2.61. The Morgan fingerprint density at radius 2 is 2.00 bits per heavy atom. The van der Waals surface area contributed by atoms with Gasteiger partial charge in [0.2, 0.25) is 0 Å². The van der Waals surface area contributed by atoms with Crippen molar-refractivity contribution in [3.05, 3.63) is 45.8 Å². The molecular weight excluding hydrogens is 234 g/mol. The number of hydrogen-bond donors (Lipinski definition) is 2. The van der Waals surface area contributed by atoms with Gasteiger partial charge in [-0.25, -0.2) is 0 Å². The summed E-state index contributed by atoms with van der Waals surface area (Å²) in [5.74, 6) is -0.0556. The highest BCUT2D eigenvalue weighted by molar-refractivity contribution is 5.94. The molecule has 0 aliphatic heterocycles. The Morgan fingerprint density at radius 1 is 1.39 bits per heavy atom. The molecule has 6 heteroatoms. The van der Waals surface area contributed by atoms with Crippen molar-refractivity contribution in [1.82, 2.24) is 0 Å². The molecule has 0 bridgehead atoms. The number of carbonyl (C=O) groups excluding carboxylic acids is 1. The maximum Gasteiger partial charge on any atom is 0.159 e. The number of benzene rings is 1. The number of ketones is 1. The quantitative estimate of drug-likeness (QED) is 0.348. The summed E-state index contributed by atoms with van der Waals surface area (Å²) in [6.45, 7) is 1.58. The van der Waals surface area contributed by atoms with Crippen molar-refractivity contribution >= 4 is 5.78 Å². The van der Waals surface area contributed by atoms with Crippen molar-refractivity contribution in [1.29, 1.82) is 0 Å². The lowest BCUT2D eigenvalue weighted by molar-refractivity contribution is 0.0150. The van der Waals surface area contributed by atoms with Crippen LogP contribution in [0.25, 0.3) is 10.4 Å². The van der Waals surface area contributed by atoms with Gasteiger partial charge in [0.05, 0.1) is 6.10 Å². The SMILES string of the molecule is CC(=O)c1ccc(C(O)C(O)CCN=[N+]=[N-])cc1. The zero-order valence-corrected chi connectivity index (χ0v) is 10.0. The van der Waals surface area contributed by atoms with Gasteiger partial charge in [-0.3, -0.25) is 4.79 Å². The van der Waals surface area contributed by atoms with Gasteiger partial charge in [0.15, 0.2) is 5.78 Å². The Balaban J connectivity index is 2.68. The van der Waals surface area contributed by atoms with Crippen LogP contribution in [0.15, 0.2) is 29.4 Å². The van der Waals surface area contributed by atoms with E-state index in [-0.39, 0.29) is 18.7 Å². The lowest BCUT2D eigenvalue weighted by Crippen LogP contribution is -2.19. The van der Waals surface area contributed by atoms with E-state index in [0.29, 0.717) is 11.1 Å². The Morgan fingerprint density at radius 3 is 2.50 bits per heavy atom. The van der Waals surface area contributed by atoms with E-state index in [1.807, 2.05) is 0 Å². The molecule has 0 amide bonds. The van der Waals surface area contributed by atoms with Crippen LogP contribution in [0.3, 0.4) is 0 Å². The zero-order valence-electron chi connectivity index (χ0n) is 10.0. The van der Waals surface area contributed by atoms with Gasteiger partial charge in [0.1, 0.15) is 6.10 Å². The van der Waals surface area contributed by atoms with Crippen molar-refractivity contribution in [3.63, 3.8) is 0 Å². The molecule has 2 unspecified atom stereocenters. The van der Waals surface area contributed by atoms with Gasteiger partial charge in [0, 0.05) is 17.0 Å². The van der Waals surface area contributed by atoms with Crippen LogP contribution in [0.2, 0.25) is 0 Å². The second kappa shape index (κ2) is 6.76. The van der Waals surface area contributed by atoms with Crippen LogP contribution in [-0.4, -0.2) is 28.6 Å². The van der Waals surface area contributed by atoms with Crippen LogP contribution in [0.5, 0.6) is 0 Å². The summed E-state index contributed by atoms with van der Waals surface area (Å²) in [5.41, 5.74) is 9.17. The molecule has 0 aliphatic carbocycles. The largest absolute Gasteiger partial charge is 0.390 e. The standard InChI is InChI=1S/C12H15N3O3/c1-8(16)9-2-4-10(5-3-9)12(18)11(17)6-7-14-15-13/h2-5,11-12,17-18H,6-7H2,1H3. The minimum atomic E-state index is -1.06. The molecule has 0 fully saturated rings. The molecule has 1 rings (SSSR count). The number of hydrogen-bond acceptors (Lipinski definition) is 4. The molecule has 2 atom stereocenters. The van der Waals surface area contributed by atoms with Crippen molar-refractivity contribution in [2.24, 2.45) is 5.11 Å². The van der Waals surface area contributed by atoms with Crippen LogP contribution < -0.4 is 0 Å². The molecule has 0 heterocycles. The fourth-order valence-electron chi connectivity index (χ4n) is 1.53. The molecule has 0 aliphatic rings. The fourth-order valence-corrected chi connectivity index (χ4v) is 1.53. The predicted octanol–water partition coefficient (Wildman–Crippen LogP) is 1.98. The van der Waals surface area contributed by atoms with Gasteiger partial charge < -0.3 is 10.2 Å². The molecule has 18 heavy (non-hydrogen) atoms. The third kappa shape index (κ3) is 3.85. The molecule has 0 radical (unpaired) electrons. The third-order valence-corrected chi connectivity index (χ3v) is 2.61. The average Bonchev–Trinajstić information content (AvgIpc) is 2.38. The zero-order chi connectivity index (χ0) is 13.5. The number of carbonyl (C=O) groups is 1. The van der Waals surface area contributed by atoms with Crippen molar-refractivity contribution in [3.8, 4) is 0 Å². The van der Waals surface area contributed by atoms with Gasteiger partial charge in [-0.1, -0.05) is 29.4 Å². The number of aliphatic hydroxyl groups is 2. The fraction of sp³-hybridized carbons (Fsp3) is 0.417. The lowest BCUT2D eigenvalue weighted by atomic mass is 10.00. The van der Waals surface area contributed by atoms with Crippen LogP contribution >= 0.6 is 0 Å². The monoisotopic (exact) mass is 249 g/mol. The topological polar surface area (TPSA) is 106 Å². The second-order valence-corrected chi connectivity index (χ2v) is 3.93. The molecule has 2 N–H and O–H groups in total. The molecule has 96 valence electrons. The highest BCUT2D eigenvalue weighted by atomic mass is 16.3. The Bertz CT molecular complexity index is 452. The van der Waals surface area contributed by atoms with Crippen LogP contribution in [0.4, 0.5) is 0 Å². The van der Waals surface area contributed by atoms with Gasteiger partial charge in [-0.2, -0.15) is 0 Å². The highest BCUT2D eigenvalue weighted by Gasteiger charge is 2.17. The van der Waals surface area contributed by atoms with Crippen LogP contribution in [0.1, 0.15) is 35.4 Å². The molecule has 0 aromatic heterocycles. The van der Waals surface area contributed by atoms with E-state index in [1.165, 1.54) is 6.92 Å². The summed E-state index contributed by atoms with van der Waals surface area (Å²) < 4.78 is 0. The summed E-state index contributed by atoms with van der Waals surface area (Å²) in [7, 11) is 0. The number of Topliss-reactive ketones (excluding diaryl/α,β-unsaturated/α-hetero) is 1. The van der Waals surface area contributed by atoms with E-state index in [0.717, 1.165) is 0 Å². The summed E-state index contributed by atoms with van der Waals surface area (Å²) in [5, 5.41) is 22.8. The van der Waals surface area contributed by atoms with E-state index in [9.17, 15) is 15.0 Å². The number of aliphatic hydroxyl groups excluding tert-OH is 2. The smallest absolute Gasteiger partial charge is 0.159 e. The minimum Gasteiger partial charge on any atom is -0.390 e. The molecular formula is C12H15N3O3. The van der Waals surface area contributed by atoms with Crippen LogP contribution in [-0.2, 0) is 0 Å². The van der Waals surface area contributed by atoms with E-state index in [4.69, 9.17) is 5.53 Å². The van der Waals surface area contributed by atoms with Gasteiger partial charge in [-0.15, -0.1) is 0 Å². The normalized spacial score (nSPS) is 13.5. The molecule has 6 nitrogen and oxygen atoms in total. The maximum absolute atomic E-state index is 11.1. The van der Waals surface area contributed by atoms with E-state index in [2.05, 4.69) is 10.0 Å². The Kier molecular flexibility index (Phi) is 5.32. The van der Waals surface area contributed by atoms with Crippen molar-refractivity contribution < 1.29 is 15.0 Å². The average molecular weight is 249 g/mol. The number of azide groups is 1. The minimum absolute atomic E-state index is 0.0556. The summed E-state index contributed by atoms with van der Waals surface area (Å²) in [6.07, 6.45) is -1.88.